The predicted molar refractivity (Wildman–Crippen MR) is 123 cm³/mol. The SMILES string of the molecule is CC(C)(C)OC(=O)C1=C(O)CSC1=NC(=O)OCc1ccccc1.CS(=O)(=O)OS(=O)(=O)C(F)(F)F. The minimum Gasteiger partial charge on any atom is -0.510 e. The minimum absolute atomic E-state index is 0.0772. The van der Waals surface area contributed by atoms with Gasteiger partial charge in [-0.15, -0.1) is 3.63 Å². The topological polar surface area (TPSA) is 163 Å². The molecule has 17 heteroatoms. The molecule has 0 saturated carbocycles. The van der Waals surface area contributed by atoms with Gasteiger partial charge in [-0.1, -0.05) is 42.1 Å². The molecular weight excluding hydrogens is 555 g/mol. The summed E-state index contributed by atoms with van der Waals surface area (Å²) in [6.45, 7) is 5.24. The zero-order valence-corrected chi connectivity index (χ0v) is 21.7. The number of carbonyl (C=O) groups is 2. The summed E-state index contributed by atoms with van der Waals surface area (Å²) in [5.74, 6) is -0.692. The number of rotatable bonds is 5. The third-order valence-electron chi connectivity index (χ3n) is 3.35. The number of thioether (sulfide) groups is 1. The van der Waals surface area contributed by atoms with Gasteiger partial charge in [-0.3, -0.25) is 0 Å². The summed E-state index contributed by atoms with van der Waals surface area (Å²) in [5, 5.41) is 9.98. The van der Waals surface area contributed by atoms with Crippen LogP contribution in [-0.2, 0) is 44.7 Å². The molecule has 202 valence electrons. The maximum atomic E-state index is 12.2. The van der Waals surface area contributed by atoms with Gasteiger partial charge in [0.25, 0.3) is 10.1 Å². The predicted octanol–water partition coefficient (Wildman–Crippen LogP) is 3.43. The molecule has 0 radical (unpaired) electrons. The Labute approximate surface area is 209 Å². The highest BCUT2D eigenvalue weighted by Gasteiger charge is 2.49. The normalized spacial score (nSPS) is 15.8. The van der Waals surface area contributed by atoms with Crippen LogP contribution >= 0.6 is 11.8 Å². The second-order valence-electron chi connectivity index (χ2n) is 7.74. The van der Waals surface area contributed by atoms with Crippen LogP contribution in [0, 0.1) is 0 Å². The van der Waals surface area contributed by atoms with Gasteiger partial charge < -0.3 is 14.6 Å². The molecule has 0 saturated heterocycles. The van der Waals surface area contributed by atoms with E-state index < -0.39 is 43.4 Å². The average molecular weight is 578 g/mol. The third kappa shape index (κ3) is 11.0. The van der Waals surface area contributed by atoms with Crippen molar-refractivity contribution in [1.82, 2.24) is 0 Å². The van der Waals surface area contributed by atoms with Crippen molar-refractivity contribution in [2.75, 3.05) is 12.0 Å². The number of aliphatic imine (C=N–C) groups is 1. The average Bonchev–Trinajstić information content (AvgIpc) is 3.04. The van der Waals surface area contributed by atoms with Crippen LogP contribution in [-0.4, -0.2) is 62.2 Å². The molecule has 1 aliphatic rings. The maximum absolute atomic E-state index is 12.2. The lowest BCUT2D eigenvalue weighted by Gasteiger charge is -2.19. The van der Waals surface area contributed by atoms with Crippen molar-refractivity contribution in [2.45, 2.75) is 38.5 Å². The highest BCUT2D eigenvalue weighted by molar-refractivity contribution is 8.15. The zero-order chi connectivity index (χ0) is 27.9. The number of hydrogen-bond donors (Lipinski definition) is 1. The Morgan fingerprint density at radius 1 is 1.08 bits per heavy atom. The summed E-state index contributed by atoms with van der Waals surface area (Å²) in [6.07, 6.45) is -0.631. The second kappa shape index (κ2) is 12.1. The van der Waals surface area contributed by atoms with Crippen molar-refractivity contribution < 1.29 is 57.8 Å². The molecule has 0 aliphatic carbocycles. The number of aliphatic hydroxyl groups excluding tert-OH is 1. The Balaban J connectivity index is 0.000000457. The van der Waals surface area contributed by atoms with Gasteiger partial charge in [0.2, 0.25) is 0 Å². The van der Waals surface area contributed by atoms with E-state index in [0.29, 0.717) is 0 Å². The summed E-state index contributed by atoms with van der Waals surface area (Å²) >= 11 is 1.09. The summed E-state index contributed by atoms with van der Waals surface area (Å²) < 4.78 is 87.1. The van der Waals surface area contributed by atoms with Gasteiger partial charge in [0.15, 0.2) is 0 Å². The Bertz CT molecular complexity index is 1230. The minimum atomic E-state index is -6.04. The van der Waals surface area contributed by atoms with Crippen molar-refractivity contribution in [2.24, 2.45) is 4.99 Å². The molecule has 1 aromatic rings. The van der Waals surface area contributed by atoms with E-state index in [4.69, 9.17) is 9.47 Å². The monoisotopic (exact) mass is 577 g/mol. The summed E-state index contributed by atoms with van der Waals surface area (Å²) in [5.41, 5.74) is -5.69. The first-order valence-electron chi connectivity index (χ1n) is 9.52. The first-order valence-corrected chi connectivity index (χ1v) is 13.7. The number of nitrogens with zero attached hydrogens (tertiary/aromatic N) is 1. The van der Waals surface area contributed by atoms with E-state index >= 15 is 0 Å². The number of halogens is 3. The van der Waals surface area contributed by atoms with Gasteiger partial charge in [-0.25, -0.2) is 9.59 Å². The molecule has 1 heterocycles. The molecule has 1 aromatic carbocycles. The van der Waals surface area contributed by atoms with E-state index in [0.717, 1.165) is 17.3 Å². The van der Waals surface area contributed by atoms with Crippen molar-refractivity contribution in [3.05, 3.63) is 47.2 Å². The van der Waals surface area contributed by atoms with Crippen LogP contribution in [0.25, 0.3) is 0 Å². The number of amides is 1. The molecule has 1 aliphatic heterocycles. The van der Waals surface area contributed by atoms with Gasteiger partial charge in [-0.05, 0) is 26.3 Å². The lowest BCUT2D eigenvalue weighted by molar-refractivity contribution is -0.149. The van der Waals surface area contributed by atoms with Crippen LogP contribution < -0.4 is 0 Å². The molecule has 36 heavy (non-hydrogen) atoms. The molecule has 2 rings (SSSR count). The molecule has 1 amide bonds. The molecule has 0 aromatic heterocycles. The van der Waals surface area contributed by atoms with Crippen LogP contribution in [0.1, 0.15) is 26.3 Å². The molecule has 0 fully saturated rings. The van der Waals surface area contributed by atoms with E-state index in [9.17, 15) is 44.7 Å². The number of benzene rings is 1. The van der Waals surface area contributed by atoms with Crippen molar-refractivity contribution >= 4 is 49.1 Å². The lowest BCUT2D eigenvalue weighted by atomic mass is 10.2. The molecule has 1 N–H and O–H groups in total. The number of esters is 1. The summed E-state index contributed by atoms with van der Waals surface area (Å²) in [7, 11) is -10.7. The van der Waals surface area contributed by atoms with E-state index in [2.05, 4.69) is 8.62 Å². The quantitative estimate of drug-likeness (QED) is 0.403. The molecule has 0 bridgehead atoms. The molecule has 0 atom stereocenters. The number of carbonyl (C=O) groups excluding carboxylic acids is 2. The lowest BCUT2D eigenvalue weighted by Crippen LogP contribution is -2.27. The molecular formula is C19H22F3NO10S3. The summed E-state index contributed by atoms with van der Waals surface area (Å²) in [4.78, 5) is 27.8. The van der Waals surface area contributed by atoms with Crippen LogP contribution in [0.4, 0.5) is 18.0 Å². The van der Waals surface area contributed by atoms with Gasteiger partial charge in [0.1, 0.15) is 28.6 Å². The fourth-order valence-corrected chi connectivity index (χ4v) is 4.58. The number of ether oxygens (including phenoxy) is 2. The van der Waals surface area contributed by atoms with Crippen LogP contribution in [0.2, 0.25) is 0 Å². The first-order chi connectivity index (χ1) is 16.2. The van der Waals surface area contributed by atoms with Gasteiger partial charge >= 0.3 is 27.7 Å². The van der Waals surface area contributed by atoms with E-state index in [1.807, 2.05) is 30.3 Å². The summed E-state index contributed by atoms with van der Waals surface area (Å²) in [6, 6.07) is 9.18. The Hall–Kier alpha value is -2.63. The number of hydrogen-bond acceptors (Lipinski definition) is 11. The highest BCUT2D eigenvalue weighted by Crippen LogP contribution is 2.29. The van der Waals surface area contributed by atoms with Gasteiger partial charge in [-0.2, -0.15) is 35.0 Å². The second-order valence-corrected chi connectivity index (χ2v) is 12.0. The van der Waals surface area contributed by atoms with Crippen LogP contribution in [0.15, 0.2) is 46.7 Å². The standard InChI is InChI=1S/C17H19NO5S.C2H3F3O5S2/c1-17(2,3)23-15(20)13-12(19)10-24-14(13)18-16(21)22-9-11-7-5-4-6-8-11;1-11(6,7)10-12(8,9)2(3,4)5/h4-8,19H,9-10H2,1-3H3;1H3. The van der Waals surface area contributed by atoms with Crippen molar-refractivity contribution in [3.8, 4) is 0 Å². The maximum Gasteiger partial charge on any atom is 0.524 e. The molecule has 11 nitrogen and oxygen atoms in total. The van der Waals surface area contributed by atoms with Gasteiger partial charge in [0.05, 0.1) is 12.0 Å². The molecule has 0 unspecified atom stereocenters. The smallest absolute Gasteiger partial charge is 0.510 e. The number of aliphatic hydroxyl groups is 1. The van der Waals surface area contributed by atoms with E-state index in [1.54, 1.807) is 20.8 Å². The van der Waals surface area contributed by atoms with Crippen molar-refractivity contribution in [3.63, 3.8) is 0 Å². The van der Waals surface area contributed by atoms with Crippen LogP contribution in [0.3, 0.4) is 0 Å². The first kappa shape index (κ1) is 31.4. The Morgan fingerprint density at radius 3 is 2.08 bits per heavy atom. The van der Waals surface area contributed by atoms with E-state index in [-0.39, 0.29) is 35.0 Å². The zero-order valence-electron chi connectivity index (χ0n) is 19.2. The van der Waals surface area contributed by atoms with Crippen molar-refractivity contribution in [1.29, 1.82) is 0 Å². The fourth-order valence-electron chi connectivity index (χ4n) is 2.06. The third-order valence-corrected chi connectivity index (χ3v) is 6.60. The van der Waals surface area contributed by atoms with E-state index in [1.165, 1.54) is 0 Å². The number of alkyl halides is 3. The highest BCUT2D eigenvalue weighted by atomic mass is 32.3. The molecule has 0 spiro atoms. The van der Waals surface area contributed by atoms with Gasteiger partial charge in [0, 0.05) is 0 Å². The fraction of sp³-hybridized carbons (Fsp3) is 0.421. The Morgan fingerprint density at radius 2 is 1.64 bits per heavy atom. The van der Waals surface area contributed by atoms with Crippen LogP contribution in [0.5, 0.6) is 0 Å². The Kier molecular flexibility index (Phi) is 10.5. The largest absolute Gasteiger partial charge is 0.524 e.